The van der Waals surface area contributed by atoms with Crippen molar-refractivity contribution >= 4 is 15.9 Å². The minimum atomic E-state index is -3.73. The molecular weight excluding hydrogens is 393 g/mol. The second-order valence-corrected chi connectivity index (χ2v) is 8.48. The lowest BCUT2D eigenvalue weighted by Gasteiger charge is -2.25. The molecule has 29 heavy (non-hydrogen) atoms. The summed E-state index contributed by atoms with van der Waals surface area (Å²) >= 11 is 0. The van der Waals surface area contributed by atoms with Crippen molar-refractivity contribution in [3.8, 4) is 12.3 Å². The molecule has 0 aliphatic heterocycles. The topological polar surface area (TPSA) is 69.7 Å². The molecule has 2 aromatic carbocycles. The number of likely N-dealkylation sites (N-methyl/N-ethyl adjacent to an activating group) is 1. The highest BCUT2D eigenvalue weighted by Crippen LogP contribution is 2.15. The second-order valence-electron chi connectivity index (χ2n) is 6.71. The van der Waals surface area contributed by atoms with Crippen LogP contribution in [0, 0.1) is 18.2 Å². The Bertz CT molecular complexity index is 983. The quantitative estimate of drug-likeness (QED) is 0.633. The van der Waals surface area contributed by atoms with Crippen LogP contribution in [0.15, 0.2) is 53.4 Å². The van der Waals surface area contributed by atoms with Crippen LogP contribution in [0.5, 0.6) is 0 Å². The SMILES string of the molecule is C#CCNS(=O)(=O)c1ccc(C(=O)N(CCN(C)C)Cc2cccc(F)c2)cc1. The number of carbonyl (C=O) groups excluding carboxylic acids is 1. The van der Waals surface area contributed by atoms with Gasteiger partial charge in [0.2, 0.25) is 10.0 Å². The molecule has 6 nitrogen and oxygen atoms in total. The van der Waals surface area contributed by atoms with Gasteiger partial charge < -0.3 is 9.80 Å². The van der Waals surface area contributed by atoms with Crippen LogP contribution in [0.3, 0.4) is 0 Å². The normalized spacial score (nSPS) is 11.3. The van der Waals surface area contributed by atoms with Crippen molar-refractivity contribution < 1.29 is 17.6 Å². The molecule has 0 fully saturated rings. The minimum absolute atomic E-state index is 0.0225. The maximum atomic E-state index is 13.5. The summed E-state index contributed by atoms with van der Waals surface area (Å²) in [5, 5.41) is 0. The van der Waals surface area contributed by atoms with E-state index >= 15 is 0 Å². The largest absolute Gasteiger partial charge is 0.333 e. The van der Waals surface area contributed by atoms with Crippen LogP contribution in [-0.2, 0) is 16.6 Å². The third-order valence-corrected chi connectivity index (χ3v) is 5.56. The first kappa shape index (κ1) is 22.6. The molecule has 0 radical (unpaired) electrons. The maximum absolute atomic E-state index is 13.5. The van der Waals surface area contributed by atoms with Gasteiger partial charge in [0.25, 0.3) is 5.91 Å². The van der Waals surface area contributed by atoms with E-state index in [0.717, 1.165) is 0 Å². The van der Waals surface area contributed by atoms with E-state index in [1.807, 2.05) is 19.0 Å². The average Bonchev–Trinajstić information content (AvgIpc) is 2.69. The Hall–Kier alpha value is -2.73. The van der Waals surface area contributed by atoms with E-state index in [1.54, 1.807) is 17.0 Å². The third kappa shape index (κ3) is 6.68. The molecule has 8 heteroatoms. The molecule has 2 aromatic rings. The van der Waals surface area contributed by atoms with Gasteiger partial charge in [-0.15, -0.1) is 6.42 Å². The summed E-state index contributed by atoms with van der Waals surface area (Å²) in [5.41, 5.74) is 1.02. The van der Waals surface area contributed by atoms with Crippen LogP contribution in [0.25, 0.3) is 0 Å². The van der Waals surface area contributed by atoms with Crippen LogP contribution in [0.2, 0.25) is 0 Å². The lowest BCUT2D eigenvalue weighted by molar-refractivity contribution is 0.0731. The molecule has 0 heterocycles. The number of hydrogen-bond donors (Lipinski definition) is 1. The van der Waals surface area contributed by atoms with Gasteiger partial charge in [-0.3, -0.25) is 4.79 Å². The zero-order chi connectivity index (χ0) is 21.4. The highest BCUT2D eigenvalue weighted by molar-refractivity contribution is 7.89. The van der Waals surface area contributed by atoms with E-state index < -0.39 is 10.0 Å². The predicted molar refractivity (Wildman–Crippen MR) is 110 cm³/mol. The van der Waals surface area contributed by atoms with Crippen molar-refractivity contribution in [3.05, 3.63) is 65.5 Å². The van der Waals surface area contributed by atoms with E-state index in [1.165, 1.54) is 36.4 Å². The van der Waals surface area contributed by atoms with Crippen molar-refractivity contribution in [1.82, 2.24) is 14.5 Å². The summed E-state index contributed by atoms with van der Waals surface area (Å²) in [4.78, 5) is 16.6. The van der Waals surface area contributed by atoms with Crippen molar-refractivity contribution in [2.24, 2.45) is 0 Å². The first-order chi connectivity index (χ1) is 13.7. The highest BCUT2D eigenvalue weighted by Gasteiger charge is 2.19. The van der Waals surface area contributed by atoms with E-state index in [4.69, 9.17) is 6.42 Å². The number of rotatable bonds is 9. The average molecular weight is 418 g/mol. The van der Waals surface area contributed by atoms with Crippen molar-refractivity contribution in [2.45, 2.75) is 11.4 Å². The fourth-order valence-electron chi connectivity index (χ4n) is 2.61. The molecule has 0 spiro atoms. The molecule has 0 saturated carbocycles. The Morgan fingerprint density at radius 1 is 1.14 bits per heavy atom. The predicted octanol–water partition coefficient (Wildman–Crippen LogP) is 1.94. The minimum Gasteiger partial charge on any atom is -0.333 e. The molecule has 0 aliphatic rings. The molecule has 1 amide bonds. The molecule has 0 aliphatic carbocycles. The molecule has 0 bridgehead atoms. The van der Waals surface area contributed by atoms with Crippen molar-refractivity contribution in [2.75, 3.05) is 33.7 Å². The summed E-state index contributed by atoms with van der Waals surface area (Å²) in [6, 6.07) is 11.7. The monoisotopic (exact) mass is 417 g/mol. The van der Waals surface area contributed by atoms with Gasteiger partial charge in [-0.1, -0.05) is 18.1 Å². The summed E-state index contributed by atoms with van der Waals surface area (Å²) in [6.45, 7) is 1.19. The highest BCUT2D eigenvalue weighted by atomic mass is 32.2. The fraction of sp³-hybridized carbons (Fsp3) is 0.286. The first-order valence-electron chi connectivity index (χ1n) is 8.94. The molecule has 1 N–H and O–H groups in total. The van der Waals surface area contributed by atoms with E-state index in [9.17, 15) is 17.6 Å². The number of sulfonamides is 1. The summed E-state index contributed by atoms with van der Waals surface area (Å²) in [6.07, 6.45) is 5.08. The maximum Gasteiger partial charge on any atom is 0.254 e. The van der Waals surface area contributed by atoms with E-state index in [2.05, 4.69) is 10.6 Å². The zero-order valence-electron chi connectivity index (χ0n) is 16.4. The summed E-state index contributed by atoms with van der Waals surface area (Å²) < 4.78 is 40.0. The standard InChI is InChI=1S/C21H24FN3O3S/c1-4-12-23-29(27,28)20-10-8-18(9-11-20)21(26)25(14-13-24(2)3)16-17-6-5-7-19(22)15-17/h1,5-11,15,23H,12-14,16H2,2-3H3. The van der Waals surface area contributed by atoms with E-state index in [0.29, 0.717) is 24.2 Å². The van der Waals surface area contributed by atoms with Gasteiger partial charge in [0.15, 0.2) is 0 Å². The van der Waals surface area contributed by atoms with Crippen LogP contribution >= 0.6 is 0 Å². The van der Waals surface area contributed by atoms with Crippen LogP contribution in [-0.4, -0.2) is 57.9 Å². The van der Waals surface area contributed by atoms with Crippen LogP contribution in [0.1, 0.15) is 15.9 Å². The Kier molecular flexibility index (Phi) is 7.91. The second kappa shape index (κ2) is 10.2. The number of halogens is 1. The molecule has 0 saturated heterocycles. The number of nitrogens with one attached hydrogen (secondary N) is 1. The number of terminal acetylenes is 1. The summed E-state index contributed by atoms with van der Waals surface area (Å²) in [5.74, 6) is 1.58. The zero-order valence-corrected chi connectivity index (χ0v) is 17.2. The summed E-state index contributed by atoms with van der Waals surface area (Å²) in [7, 11) is 0.0674. The van der Waals surface area contributed by atoms with Gasteiger partial charge in [0.05, 0.1) is 11.4 Å². The number of hydrogen-bond acceptors (Lipinski definition) is 4. The Labute approximate surface area is 171 Å². The Balaban J connectivity index is 2.22. The smallest absolute Gasteiger partial charge is 0.254 e. The molecule has 0 atom stereocenters. The van der Waals surface area contributed by atoms with Gasteiger partial charge in [-0.05, 0) is 56.1 Å². The van der Waals surface area contributed by atoms with Crippen molar-refractivity contribution in [3.63, 3.8) is 0 Å². The van der Waals surface area contributed by atoms with Gasteiger partial charge in [0.1, 0.15) is 5.82 Å². The Morgan fingerprint density at radius 2 is 1.83 bits per heavy atom. The van der Waals surface area contributed by atoms with Gasteiger partial charge in [-0.25, -0.2) is 12.8 Å². The third-order valence-electron chi connectivity index (χ3n) is 4.14. The van der Waals surface area contributed by atoms with Gasteiger partial charge in [0, 0.05) is 25.2 Å². The molecule has 2 rings (SSSR count). The van der Waals surface area contributed by atoms with Gasteiger partial charge in [-0.2, -0.15) is 4.72 Å². The lowest BCUT2D eigenvalue weighted by atomic mass is 10.1. The number of amides is 1. The van der Waals surface area contributed by atoms with Crippen LogP contribution < -0.4 is 4.72 Å². The first-order valence-corrected chi connectivity index (χ1v) is 10.4. The van der Waals surface area contributed by atoms with E-state index in [-0.39, 0.29) is 29.7 Å². The molecular formula is C21H24FN3O3S. The van der Waals surface area contributed by atoms with Crippen molar-refractivity contribution in [1.29, 1.82) is 0 Å². The number of benzene rings is 2. The van der Waals surface area contributed by atoms with Crippen LogP contribution in [0.4, 0.5) is 4.39 Å². The fourth-order valence-corrected chi connectivity index (χ4v) is 3.54. The van der Waals surface area contributed by atoms with Gasteiger partial charge >= 0.3 is 0 Å². The molecule has 0 unspecified atom stereocenters. The molecule has 154 valence electrons. The Morgan fingerprint density at radius 3 is 2.41 bits per heavy atom. The number of nitrogens with zero attached hydrogens (tertiary/aromatic N) is 2. The molecule has 0 aromatic heterocycles. The number of carbonyl (C=O) groups is 1. The lowest BCUT2D eigenvalue weighted by Crippen LogP contribution is -2.36.